The smallest absolute Gasteiger partial charge is 0.340 e. The molecule has 1 fully saturated rings. The molecule has 0 atom stereocenters. The average Bonchev–Trinajstić information content (AvgIpc) is 3.14. The number of hydrogen-bond donors (Lipinski definition) is 1. The van der Waals surface area contributed by atoms with Gasteiger partial charge in [0.05, 0.1) is 24.2 Å². The number of thiophene rings is 1. The van der Waals surface area contributed by atoms with Crippen LogP contribution in [-0.4, -0.2) is 61.5 Å². The highest BCUT2D eigenvalue weighted by atomic mass is 35.5. The van der Waals surface area contributed by atoms with E-state index in [9.17, 15) is 14.0 Å². The average molecular weight is 454 g/mol. The number of amides is 1. The van der Waals surface area contributed by atoms with E-state index in [4.69, 9.17) is 16.3 Å². The van der Waals surface area contributed by atoms with E-state index in [-0.39, 0.29) is 17.5 Å². The number of ether oxygens (including phenoxy) is 1. The predicted molar refractivity (Wildman–Crippen MR) is 117 cm³/mol. The first-order chi connectivity index (χ1) is 14.4. The Hall–Kier alpha value is -2.00. The fraction of sp³-hybridized carbons (Fsp3) is 0.429. The van der Waals surface area contributed by atoms with E-state index in [1.807, 2.05) is 6.92 Å². The van der Waals surface area contributed by atoms with Crippen LogP contribution in [0.3, 0.4) is 0 Å². The molecule has 1 N–H and O–H groups in total. The second kappa shape index (κ2) is 10.3. The number of piperazine rings is 1. The van der Waals surface area contributed by atoms with E-state index < -0.39 is 11.8 Å². The van der Waals surface area contributed by atoms with Crippen LogP contribution >= 0.6 is 22.9 Å². The van der Waals surface area contributed by atoms with Gasteiger partial charge in [-0.3, -0.25) is 14.6 Å². The van der Waals surface area contributed by atoms with Crippen LogP contribution in [0.25, 0.3) is 0 Å². The molecule has 6 nitrogen and oxygen atoms in total. The van der Waals surface area contributed by atoms with Crippen molar-refractivity contribution in [3.8, 4) is 0 Å². The molecule has 0 aliphatic carbocycles. The summed E-state index contributed by atoms with van der Waals surface area (Å²) in [7, 11) is 1.33. The molecule has 0 unspecified atom stereocenters. The number of benzene rings is 1. The molecule has 30 heavy (non-hydrogen) atoms. The Bertz CT molecular complexity index is 913. The maximum absolute atomic E-state index is 13.3. The van der Waals surface area contributed by atoms with Crippen molar-refractivity contribution in [2.24, 2.45) is 0 Å². The second-order valence-corrected chi connectivity index (χ2v) is 8.69. The third-order valence-corrected chi connectivity index (χ3v) is 6.50. The summed E-state index contributed by atoms with van der Waals surface area (Å²) in [6.45, 7) is 6.04. The maximum Gasteiger partial charge on any atom is 0.340 e. The number of hydrogen-bond acceptors (Lipinski definition) is 6. The molecule has 2 heterocycles. The number of methoxy groups -OCH3 is 1. The van der Waals surface area contributed by atoms with Crippen LogP contribution < -0.4 is 5.32 Å². The van der Waals surface area contributed by atoms with Crippen LogP contribution in [0, 0.1) is 5.82 Å². The molecule has 0 bridgehead atoms. The summed E-state index contributed by atoms with van der Waals surface area (Å²) >= 11 is 7.26. The van der Waals surface area contributed by atoms with Gasteiger partial charge in [0.15, 0.2) is 0 Å². The number of rotatable bonds is 7. The van der Waals surface area contributed by atoms with E-state index in [1.165, 1.54) is 24.5 Å². The molecule has 0 radical (unpaired) electrons. The molecule has 1 aromatic carbocycles. The topological polar surface area (TPSA) is 61.9 Å². The fourth-order valence-corrected chi connectivity index (χ4v) is 4.55. The monoisotopic (exact) mass is 453 g/mol. The fourth-order valence-electron chi connectivity index (χ4n) is 3.34. The minimum absolute atomic E-state index is 0.133. The molecule has 3 rings (SSSR count). The van der Waals surface area contributed by atoms with Gasteiger partial charge in [0, 0.05) is 37.6 Å². The van der Waals surface area contributed by atoms with Gasteiger partial charge in [-0.25, -0.2) is 9.18 Å². The van der Waals surface area contributed by atoms with Gasteiger partial charge < -0.3 is 10.1 Å². The van der Waals surface area contributed by atoms with Crippen LogP contribution in [0.1, 0.15) is 27.7 Å². The van der Waals surface area contributed by atoms with Gasteiger partial charge in [-0.2, -0.15) is 0 Å². The number of anilines is 1. The molecule has 162 valence electrons. The Labute approximate surface area is 184 Å². The highest BCUT2D eigenvalue weighted by Crippen LogP contribution is 2.29. The van der Waals surface area contributed by atoms with Crippen molar-refractivity contribution in [2.45, 2.75) is 19.9 Å². The number of nitrogens with one attached hydrogen (secondary N) is 1. The van der Waals surface area contributed by atoms with Crippen LogP contribution in [0.4, 0.5) is 9.39 Å². The lowest BCUT2D eigenvalue weighted by Gasteiger charge is -2.34. The van der Waals surface area contributed by atoms with Gasteiger partial charge >= 0.3 is 5.97 Å². The first-order valence-corrected chi connectivity index (χ1v) is 11.0. The molecule has 1 amide bonds. The zero-order chi connectivity index (χ0) is 21.7. The number of carbonyl (C=O) groups is 2. The van der Waals surface area contributed by atoms with E-state index in [0.717, 1.165) is 43.0 Å². The highest BCUT2D eigenvalue weighted by molar-refractivity contribution is 7.16. The van der Waals surface area contributed by atoms with Crippen LogP contribution in [0.15, 0.2) is 24.3 Å². The molecule has 1 aliphatic rings. The standard InChI is InChI=1S/C21H25ClFN3O3S/c1-3-15-11-16(21(28)29-2)20(30-15)24-19(27)13-26-8-6-25(7-9-26)12-14-4-5-18(23)17(22)10-14/h4-5,10-11H,3,6-9,12-13H2,1-2H3,(H,24,27). The van der Waals surface area contributed by atoms with Gasteiger partial charge in [0.2, 0.25) is 5.91 Å². The highest BCUT2D eigenvalue weighted by Gasteiger charge is 2.22. The molecule has 9 heteroatoms. The number of carbonyl (C=O) groups excluding carboxylic acids is 2. The van der Waals surface area contributed by atoms with Crippen LogP contribution in [-0.2, 0) is 22.5 Å². The summed E-state index contributed by atoms with van der Waals surface area (Å²) in [5.41, 5.74) is 1.36. The largest absolute Gasteiger partial charge is 0.465 e. The molecule has 0 saturated carbocycles. The van der Waals surface area contributed by atoms with E-state index in [0.29, 0.717) is 17.1 Å². The Morgan fingerprint density at radius 2 is 1.90 bits per heavy atom. The number of esters is 1. The van der Waals surface area contributed by atoms with Gasteiger partial charge in [0.25, 0.3) is 0 Å². The summed E-state index contributed by atoms with van der Waals surface area (Å²) < 4.78 is 18.1. The predicted octanol–water partition coefficient (Wildman–Crippen LogP) is 3.65. The Balaban J connectivity index is 1.50. The zero-order valence-corrected chi connectivity index (χ0v) is 18.6. The number of aryl methyl sites for hydroxylation is 1. The van der Waals surface area contributed by atoms with Crippen molar-refractivity contribution in [2.75, 3.05) is 45.2 Å². The Morgan fingerprint density at radius 3 is 2.53 bits per heavy atom. The second-order valence-electron chi connectivity index (χ2n) is 7.15. The van der Waals surface area contributed by atoms with Crippen molar-refractivity contribution in [1.82, 2.24) is 9.80 Å². The summed E-state index contributed by atoms with van der Waals surface area (Å²) in [6, 6.07) is 6.55. The maximum atomic E-state index is 13.3. The SMILES string of the molecule is CCc1cc(C(=O)OC)c(NC(=O)CN2CCN(Cc3ccc(F)c(Cl)c3)CC2)s1. The van der Waals surface area contributed by atoms with Gasteiger partial charge in [0.1, 0.15) is 10.8 Å². The van der Waals surface area contributed by atoms with E-state index in [1.54, 1.807) is 18.2 Å². The molecular weight excluding hydrogens is 429 g/mol. The lowest BCUT2D eigenvalue weighted by atomic mass is 10.2. The summed E-state index contributed by atoms with van der Waals surface area (Å²) in [5.74, 6) is -1.01. The Morgan fingerprint density at radius 1 is 1.20 bits per heavy atom. The first kappa shape index (κ1) is 22.7. The molecular formula is C21H25ClFN3O3S. The Kier molecular flexibility index (Phi) is 7.82. The van der Waals surface area contributed by atoms with Crippen LogP contribution in [0.2, 0.25) is 5.02 Å². The third kappa shape index (κ3) is 5.78. The van der Waals surface area contributed by atoms with Crippen molar-refractivity contribution >= 4 is 39.8 Å². The van der Waals surface area contributed by atoms with Crippen molar-refractivity contribution in [1.29, 1.82) is 0 Å². The van der Waals surface area contributed by atoms with Gasteiger partial charge in [-0.05, 0) is 30.2 Å². The third-order valence-electron chi connectivity index (χ3n) is 5.01. The van der Waals surface area contributed by atoms with E-state index >= 15 is 0 Å². The van der Waals surface area contributed by atoms with Gasteiger partial charge in [-0.1, -0.05) is 24.6 Å². The first-order valence-electron chi connectivity index (χ1n) is 9.79. The summed E-state index contributed by atoms with van der Waals surface area (Å²) in [5, 5.41) is 3.53. The molecule has 1 aromatic heterocycles. The quantitative estimate of drug-likeness (QED) is 0.648. The van der Waals surface area contributed by atoms with Crippen molar-refractivity contribution < 1.29 is 18.7 Å². The van der Waals surface area contributed by atoms with Crippen LogP contribution in [0.5, 0.6) is 0 Å². The van der Waals surface area contributed by atoms with E-state index in [2.05, 4.69) is 15.1 Å². The number of nitrogens with zero attached hydrogens (tertiary/aromatic N) is 2. The normalized spacial score (nSPS) is 15.2. The summed E-state index contributed by atoms with van der Waals surface area (Å²) in [4.78, 5) is 29.8. The number of halogens is 2. The van der Waals surface area contributed by atoms with Gasteiger partial charge in [-0.15, -0.1) is 11.3 Å². The van der Waals surface area contributed by atoms with Crippen molar-refractivity contribution in [3.05, 3.63) is 51.1 Å². The molecule has 0 spiro atoms. The minimum atomic E-state index is -0.448. The molecule has 1 saturated heterocycles. The molecule has 1 aliphatic heterocycles. The minimum Gasteiger partial charge on any atom is -0.465 e. The van der Waals surface area contributed by atoms with Crippen molar-refractivity contribution in [3.63, 3.8) is 0 Å². The zero-order valence-electron chi connectivity index (χ0n) is 17.0. The summed E-state index contributed by atoms with van der Waals surface area (Å²) in [6.07, 6.45) is 0.783. The molecule has 2 aromatic rings. The lowest BCUT2D eigenvalue weighted by molar-refractivity contribution is -0.117. The lowest BCUT2D eigenvalue weighted by Crippen LogP contribution is -2.48.